The minimum Gasteiger partial charge on any atom is -0.334 e. The van der Waals surface area contributed by atoms with E-state index in [0.29, 0.717) is 12.8 Å². The molecule has 3 nitrogen and oxygen atoms in total. The lowest BCUT2D eigenvalue weighted by molar-refractivity contribution is -0.151. The highest BCUT2D eigenvalue weighted by molar-refractivity contribution is 5.83. The quantitative estimate of drug-likeness (QED) is 0.933. The normalized spacial score (nSPS) is 23.5. The molecule has 21 heavy (non-hydrogen) atoms. The molecule has 1 saturated heterocycles. The van der Waals surface area contributed by atoms with E-state index in [0.717, 1.165) is 11.1 Å². The summed E-state index contributed by atoms with van der Waals surface area (Å²) in [5, 5.41) is 0. The largest absolute Gasteiger partial charge is 0.390 e. The van der Waals surface area contributed by atoms with Crippen LogP contribution in [0, 0.1) is 6.92 Å². The van der Waals surface area contributed by atoms with E-state index in [-0.39, 0.29) is 12.6 Å². The summed E-state index contributed by atoms with van der Waals surface area (Å²) >= 11 is 0. The number of halogens is 3. The first-order chi connectivity index (χ1) is 9.79. The molecule has 2 N–H and O–H groups in total. The molecule has 0 saturated carbocycles. The Balaban J connectivity index is 2.25. The third-order valence-electron chi connectivity index (χ3n) is 3.91. The van der Waals surface area contributed by atoms with E-state index in [4.69, 9.17) is 5.73 Å². The van der Waals surface area contributed by atoms with Crippen molar-refractivity contribution in [1.82, 2.24) is 4.90 Å². The van der Waals surface area contributed by atoms with Crippen LogP contribution in [-0.4, -0.2) is 29.6 Å². The number of carbonyl (C=O) groups is 1. The van der Waals surface area contributed by atoms with Gasteiger partial charge in [0.05, 0.1) is 18.5 Å². The summed E-state index contributed by atoms with van der Waals surface area (Å²) in [4.78, 5) is 13.5. The second-order valence-electron chi connectivity index (χ2n) is 5.45. The first-order valence-electron chi connectivity index (χ1n) is 6.98. The van der Waals surface area contributed by atoms with Crippen LogP contribution in [0.4, 0.5) is 13.2 Å². The van der Waals surface area contributed by atoms with Crippen molar-refractivity contribution in [2.75, 3.05) is 6.54 Å². The lowest BCUT2D eigenvalue weighted by Gasteiger charge is -2.39. The Hall–Kier alpha value is -1.56. The summed E-state index contributed by atoms with van der Waals surface area (Å²) in [6, 6.07) is 6.46. The molecule has 1 aliphatic heterocycles. The van der Waals surface area contributed by atoms with Crippen molar-refractivity contribution in [3.05, 3.63) is 35.4 Å². The van der Waals surface area contributed by atoms with Crippen LogP contribution < -0.4 is 5.73 Å². The zero-order chi connectivity index (χ0) is 15.6. The number of aryl methyl sites for hydroxylation is 1. The number of nitrogens with two attached hydrogens (primary N) is 1. The maximum atomic E-state index is 12.5. The van der Waals surface area contributed by atoms with E-state index in [1.54, 1.807) is 0 Å². The van der Waals surface area contributed by atoms with Gasteiger partial charge in [-0.25, -0.2) is 0 Å². The molecule has 1 amide bonds. The average Bonchev–Trinajstić information content (AvgIpc) is 2.40. The molecule has 1 aromatic rings. The lowest BCUT2D eigenvalue weighted by atomic mass is 9.90. The first-order valence-corrected chi connectivity index (χ1v) is 6.98. The highest BCUT2D eigenvalue weighted by atomic mass is 19.4. The van der Waals surface area contributed by atoms with Crippen LogP contribution in [-0.2, 0) is 4.79 Å². The van der Waals surface area contributed by atoms with E-state index in [2.05, 4.69) is 0 Å². The molecule has 1 heterocycles. The van der Waals surface area contributed by atoms with E-state index in [9.17, 15) is 18.0 Å². The van der Waals surface area contributed by atoms with Crippen molar-refractivity contribution < 1.29 is 18.0 Å². The second-order valence-corrected chi connectivity index (χ2v) is 5.45. The number of rotatable bonds is 3. The van der Waals surface area contributed by atoms with Gasteiger partial charge in [0.2, 0.25) is 5.91 Å². The van der Waals surface area contributed by atoms with E-state index in [1.807, 2.05) is 31.2 Å². The molecule has 1 aliphatic rings. The van der Waals surface area contributed by atoms with Crippen LogP contribution >= 0.6 is 0 Å². The Kier molecular flexibility index (Phi) is 4.56. The van der Waals surface area contributed by atoms with Crippen molar-refractivity contribution in [2.24, 2.45) is 5.73 Å². The number of likely N-dealkylation sites (tertiary alicyclic amines) is 1. The predicted octanol–water partition coefficient (Wildman–Crippen LogP) is 2.94. The number of carbonyl (C=O) groups excluding carboxylic acids is 1. The standard InChI is InChI=1S/C15H19F3N2O/c1-10-4-2-3-5-11(10)13-7-6-12(19)14(21)20(13)9-8-15(16,17)18/h2-5,12-13H,6-9,19H2,1H3/t12-,13+/m0/s1. The molecule has 0 spiro atoms. The number of benzene rings is 1. The van der Waals surface area contributed by atoms with Crippen LogP contribution in [0.25, 0.3) is 0 Å². The number of piperidine rings is 1. The Bertz CT molecular complexity index is 516. The Morgan fingerprint density at radius 1 is 1.29 bits per heavy atom. The molecule has 0 unspecified atom stereocenters. The molecule has 0 bridgehead atoms. The maximum Gasteiger partial charge on any atom is 0.390 e. The number of alkyl halides is 3. The van der Waals surface area contributed by atoms with Crippen molar-refractivity contribution in [3.63, 3.8) is 0 Å². The van der Waals surface area contributed by atoms with Gasteiger partial charge < -0.3 is 10.6 Å². The monoisotopic (exact) mass is 300 g/mol. The third-order valence-corrected chi connectivity index (χ3v) is 3.91. The molecule has 0 aliphatic carbocycles. The Labute approximate surface area is 121 Å². The van der Waals surface area contributed by atoms with E-state index < -0.39 is 24.5 Å². The summed E-state index contributed by atoms with van der Waals surface area (Å²) in [6.45, 7) is 1.56. The van der Waals surface area contributed by atoms with Gasteiger partial charge >= 0.3 is 6.18 Å². The topological polar surface area (TPSA) is 46.3 Å². The lowest BCUT2D eigenvalue weighted by Crippen LogP contribution is -2.50. The maximum absolute atomic E-state index is 12.5. The van der Waals surface area contributed by atoms with Gasteiger partial charge in [0, 0.05) is 6.54 Å². The summed E-state index contributed by atoms with van der Waals surface area (Å²) < 4.78 is 37.4. The van der Waals surface area contributed by atoms with Gasteiger partial charge in [0.15, 0.2) is 0 Å². The summed E-state index contributed by atoms with van der Waals surface area (Å²) in [5.74, 6) is -0.390. The van der Waals surface area contributed by atoms with Gasteiger partial charge in [-0.2, -0.15) is 13.2 Å². The minimum absolute atomic E-state index is 0.319. The molecule has 2 atom stereocenters. The molecule has 0 radical (unpaired) electrons. The highest BCUT2D eigenvalue weighted by Crippen LogP contribution is 2.34. The van der Waals surface area contributed by atoms with Crippen LogP contribution in [0.3, 0.4) is 0 Å². The minimum atomic E-state index is -4.28. The van der Waals surface area contributed by atoms with E-state index >= 15 is 0 Å². The van der Waals surface area contributed by atoms with Gasteiger partial charge in [0.25, 0.3) is 0 Å². The van der Waals surface area contributed by atoms with Crippen LogP contribution in [0.5, 0.6) is 0 Å². The number of amides is 1. The first kappa shape index (κ1) is 15.8. The molecule has 0 aromatic heterocycles. The molecular weight excluding hydrogens is 281 g/mol. The van der Waals surface area contributed by atoms with Gasteiger partial charge in [-0.05, 0) is 30.9 Å². The molecule has 1 aromatic carbocycles. The Morgan fingerprint density at radius 3 is 2.57 bits per heavy atom. The second kappa shape index (κ2) is 6.05. The Morgan fingerprint density at radius 2 is 1.95 bits per heavy atom. The van der Waals surface area contributed by atoms with Crippen LogP contribution in [0.2, 0.25) is 0 Å². The molecule has 1 fully saturated rings. The predicted molar refractivity (Wildman–Crippen MR) is 73.5 cm³/mol. The zero-order valence-electron chi connectivity index (χ0n) is 11.9. The van der Waals surface area contributed by atoms with Gasteiger partial charge in [0.1, 0.15) is 0 Å². The summed E-state index contributed by atoms with van der Waals surface area (Å²) in [6.07, 6.45) is -4.19. The highest BCUT2D eigenvalue weighted by Gasteiger charge is 2.37. The number of hydrogen-bond donors (Lipinski definition) is 1. The SMILES string of the molecule is Cc1ccccc1[C@H]1CC[C@H](N)C(=O)N1CCC(F)(F)F. The molecular formula is C15H19F3N2O. The van der Waals surface area contributed by atoms with Crippen molar-refractivity contribution in [1.29, 1.82) is 0 Å². The fraction of sp³-hybridized carbons (Fsp3) is 0.533. The smallest absolute Gasteiger partial charge is 0.334 e. The van der Waals surface area contributed by atoms with Crippen LogP contribution in [0.1, 0.15) is 36.4 Å². The molecule has 6 heteroatoms. The van der Waals surface area contributed by atoms with Gasteiger partial charge in [-0.3, -0.25) is 4.79 Å². The third kappa shape index (κ3) is 3.75. The van der Waals surface area contributed by atoms with Gasteiger partial charge in [-0.1, -0.05) is 24.3 Å². The van der Waals surface area contributed by atoms with Crippen molar-refractivity contribution >= 4 is 5.91 Å². The fourth-order valence-electron chi connectivity index (χ4n) is 2.78. The number of nitrogens with zero attached hydrogens (tertiary/aromatic N) is 1. The van der Waals surface area contributed by atoms with Crippen molar-refractivity contribution in [3.8, 4) is 0 Å². The molecule has 2 rings (SSSR count). The van der Waals surface area contributed by atoms with E-state index in [1.165, 1.54) is 4.90 Å². The fourth-order valence-corrected chi connectivity index (χ4v) is 2.78. The average molecular weight is 300 g/mol. The van der Waals surface area contributed by atoms with Crippen molar-refractivity contribution in [2.45, 2.75) is 44.4 Å². The van der Waals surface area contributed by atoms with Crippen LogP contribution in [0.15, 0.2) is 24.3 Å². The molecule has 116 valence electrons. The van der Waals surface area contributed by atoms with Gasteiger partial charge in [-0.15, -0.1) is 0 Å². The summed E-state index contributed by atoms with van der Waals surface area (Å²) in [7, 11) is 0. The number of hydrogen-bond acceptors (Lipinski definition) is 2. The summed E-state index contributed by atoms with van der Waals surface area (Å²) in [5.41, 5.74) is 7.59. The zero-order valence-corrected chi connectivity index (χ0v) is 11.9.